The maximum absolute atomic E-state index is 11.4. The number of Topliss-reactive ketones (excluding diaryl/α,β-unsaturated/α-hetero) is 2. The number of aliphatic hydroxyl groups excluding tert-OH is 1. The molecule has 0 heterocycles. The average Bonchev–Trinajstić information content (AvgIpc) is 2.63. The topological polar surface area (TPSA) is 113 Å². The Morgan fingerprint density at radius 3 is 1.50 bits per heavy atom. The van der Waals surface area contributed by atoms with E-state index in [0.29, 0.717) is 22.6 Å². The van der Waals surface area contributed by atoms with Crippen LogP contribution in [0.4, 0.5) is 0 Å². The van der Waals surface area contributed by atoms with Crippen molar-refractivity contribution in [1.82, 2.24) is 0 Å². The van der Waals surface area contributed by atoms with Crippen molar-refractivity contribution in [3.05, 3.63) is 46.5 Å². The van der Waals surface area contributed by atoms with Crippen molar-refractivity contribution in [2.75, 3.05) is 13.2 Å². The van der Waals surface area contributed by atoms with Crippen LogP contribution in [0, 0.1) is 13.8 Å². The van der Waals surface area contributed by atoms with Gasteiger partial charge in [0.1, 0.15) is 42.3 Å². The molecule has 0 aliphatic carbocycles. The largest absolute Gasteiger partial charge is 0.507 e. The maximum Gasteiger partial charge on any atom is 0.163 e. The minimum Gasteiger partial charge on any atom is -0.507 e. The zero-order chi connectivity index (χ0) is 21.0. The predicted octanol–water partition coefficient (Wildman–Crippen LogP) is 2.94. The van der Waals surface area contributed by atoms with E-state index in [1.54, 1.807) is 26.0 Å². The molecule has 0 aliphatic rings. The molecule has 0 amide bonds. The standard InChI is InChI=1S/C21H24O7/c1-11-18(7-5-16(13(3)22)20(11)25)27-9-15(24)10-28-19-8-6-17(14(4)23)21(26)12(19)2/h5-8,15,24-26H,9-10H2,1-4H3. The number of carbonyl (C=O) groups excluding carboxylic acids is 2. The Balaban J connectivity index is 1.98. The molecule has 0 saturated carbocycles. The number of rotatable bonds is 8. The van der Waals surface area contributed by atoms with E-state index in [9.17, 15) is 24.9 Å². The second-order valence-corrected chi connectivity index (χ2v) is 6.56. The van der Waals surface area contributed by atoms with Crippen LogP contribution in [-0.4, -0.2) is 46.2 Å². The molecule has 0 bridgehead atoms. The van der Waals surface area contributed by atoms with E-state index in [1.807, 2.05) is 0 Å². The average molecular weight is 388 g/mol. The summed E-state index contributed by atoms with van der Waals surface area (Å²) < 4.78 is 11.0. The molecule has 0 saturated heterocycles. The molecule has 3 N–H and O–H groups in total. The molecule has 0 atom stereocenters. The van der Waals surface area contributed by atoms with Gasteiger partial charge in [0.2, 0.25) is 0 Å². The molecule has 0 spiro atoms. The van der Waals surface area contributed by atoms with Gasteiger partial charge in [-0.25, -0.2) is 0 Å². The van der Waals surface area contributed by atoms with Crippen LogP contribution >= 0.6 is 0 Å². The summed E-state index contributed by atoms with van der Waals surface area (Å²) in [5.41, 5.74) is 1.22. The molecule has 0 unspecified atom stereocenters. The van der Waals surface area contributed by atoms with Crippen molar-refractivity contribution in [2.45, 2.75) is 33.8 Å². The summed E-state index contributed by atoms with van der Waals surface area (Å²) in [6.45, 7) is 5.75. The fraction of sp³-hybridized carbons (Fsp3) is 0.333. The molecule has 0 radical (unpaired) electrons. The summed E-state index contributed by atoms with van der Waals surface area (Å²) in [7, 11) is 0. The summed E-state index contributed by atoms with van der Waals surface area (Å²) in [5, 5.41) is 30.2. The molecular formula is C21H24O7. The van der Waals surface area contributed by atoms with Crippen LogP contribution in [0.3, 0.4) is 0 Å². The van der Waals surface area contributed by atoms with Crippen LogP contribution in [0.25, 0.3) is 0 Å². The van der Waals surface area contributed by atoms with Crippen LogP contribution in [-0.2, 0) is 0 Å². The van der Waals surface area contributed by atoms with Gasteiger partial charge in [0.25, 0.3) is 0 Å². The maximum atomic E-state index is 11.4. The molecule has 7 nitrogen and oxygen atoms in total. The Hall–Kier alpha value is -3.06. The number of phenols is 2. The zero-order valence-corrected chi connectivity index (χ0v) is 16.3. The summed E-state index contributed by atoms with van der Waals surface area (Å²) in [6.07, 6.45) is -0.983. The lowest BCUT2D eigenvalue weighted by Gasteiger charge is -2.17. The molecular weight excluding hydrogens is 364 g/mol. The number of ether oxygens (including phenoxy) is 2. The minimum atomic E-state index is -0.983. The molecule has 0 fully saturated rings. The number of carbonyl (C=O) groups is 2. The lowest BCUT2D eigenvalue weighted by molar-refractivity contribution is 0.0619. The van der Waals surface area contributed by atoms with E-state index in [-0.39, 0.29) is 47.4 Å². The fourth-order valence-corrected chi connectivity index (χ4v) is 2.66. The third kappa shape index (κ3) is 4.61. The number of aliphatic hydroxyl groups is 1. The van der Waals surface area contributed by atoms with Crippen molar-refractivity contribution in [3.63, 3.8) is 0 Å². The molecule has 2 aromatic carbocycles. The molecule has 2 aromatic rings. The number of hydrogen-bond donors (Lipinski definition) is 3. The highest BCUT2D eigenvalue weighted by Crippen LogP contribution is 2.32. The Kier molecular flexibility index (Phi) is 6.64. The van der Waals surface area contributed by atoms with E-state index < -0.39 is 6.10 Å². The van der Waals surface area contributed by atoms with Crippen molar-refractivity contribution in [2.24, 2.45) is 0 Å². The Bertz CT molecular complexity index is 829. The first-order chi connectivity index (χ1) is 13.1. The summed E-state index contributed by atoms with van der Waals surface area (Å²) in [4.78, 5) is 22.9. The van der Waals surface area contributed by atoms with Crippen molar-refractivity contribution < 1.29 is 34.4 Å². The lowest BCUT2D eigenvalue weighted by atomic mass is 10.1. The number of phenolic OH excluding ortho intramolecular Hbond substituents is 2. The second kappa shape index (κ2) is 8.75. The predicted molar refractivity (Wildman–Crippen MR) is 103 cm³/mol. The quantitative estimate of drug-likeness (QED) is 0.596. The third-order valence-corrected chi connectivity index (χ3v) is 4.38. The normalized spacial score (nSPS) is 10.8. The van der Waals surface area contributed by atoms with Crippen molar-refractivity contribution in [1.29, 1.82) is 0 Å². The van der Waals surface area contributed by atoms with Gasteiger partial charge in [0.15, 0.2) is 11.6 Å². The van der Waals surface area contributed by atoms with E-state index in [0.717, 1.165) is 0 Å². The SMILES string of the molecule is CC(=O)c1ccc(OCC(O)COc2ccc(C(C)=O)c(O)c2C)c(C)c1O. The second-order valence-electron chi connectivity index (χ2n) is 6.56. The van der Waals surface area contributed by atoms with Crippen LogP contribution in [0.5, 0.6) is 23.0 Å². The van der Waals surface area contributed by atoms with Gasteiger partial charge < -0.3 is 24.8 Å². The first-order valence-corrected chi connectivity index (χ1v) is 8.74. The lowest BCUT2D eigenvalue weighted by Crippen LogP contribution is -2.25. The van der Waals surface area contributed by atoms with Gasteiger partial charge in [0.05, 0.1) is 11.1 Å². The van der Waals surface area contributed by atoms with Crippen molar-refractivity contribution in [3.8, 4) is 23.0 Å². The summed E-state index contributed by atoms with van der Waals surface area (Å²) >= 11 is 0. The minimum absolute atomic E-state index is 0.101. The Morgan fingerprint density at radius 2 is 1.18 bits per heavy atom. The number of benzene rings is 2. The van der Waals surface area contributed by atoms with Gasteiger partial charge >= 0.3 is 0 Å². The Labute approximate surface area is 163 Å². The first-order valence-electron chi connectivity index (χ1n) is 8.74. The Morgan fingerprint density at radius 1 is 0.821 bits per heavy atom. The molecule has 0 aliphatic heterocycles. The molecule has 7 heteroatoms. The highest BCUT2D eigenvalue weighted by molar-refractivity contribution is 5.98. The van der Waals surface area contributed by atoms with Gasteiger partial charge in [-0.2, -0.15) is 0 Å². The van der Waals surface area contributed by atoms with Gasteiger partial charge in [0, 0.05) is 11.1 Å². The monoisotopic (exact) mass is 388 g/mol. The molecule has 2 rings (SSSR count). The van der Waals surface area contributed by atoms with E-state index in [2.05, 4.69) is 0 Å². The zero-order valence-electron chi connectivity index (χ0n) is 16.3. The molecule has 150 valence electrons. The summed E-state index contributed by atoms with van der Waals surface area (Å²) in [5.74, 6) is -0.104. The van der Waals surface area contributed by atoms with E-state index >= 15 is 0 Å². The van der Waals surface area contributed by atoms with Crippen LogP contribution in [0.2, 0.25) is 0 Å². The highest BCUT2D eigenvalue weighted by atomic mass is 16.5. The van der Waals surface area contributed by atoms with Crippen LogP contribution < -0.4 is 9.47 Å². The van der Waals surface area contributed by atoms with Gasteiger partial charge in [-0.3, -0.25) is 9.59 Å². The molecule has 28 heavy (non-hydrogen) atoms. The summed E-state index contributed by atoms with van der Waals surface area (Å²) in [6, 6.07) is 6.04. The fourth-order valence-electron chi connectivity index (χ4n) is 2.66. The number of hydrogen-bond acceptors (Lipinski definition) is 7. The van der Waals surface area contributed by atoms with Crippen LogP contribution in [0.15, 0.2) is 24.3 Å². The number of aromatic hydroxyl groups is 2. The van der Waals surface area contributed by atoms with Gasteiger partial charge in [-0.1, -0.05) is 0 Å². The number of ketones is 2. The van der Waals surface area contributed by atoms with Crippen LogP contribution in [0.1, 0.15) is 45.7 Å². The van der Waals surface area contributed by atoms with E-state index in [4.69, 9.17) is 9.47 Å². The smallest absolute Gasteiger partial charge is 0.163 e. The third-order valence-electron chi connectivity index (χ3n) is 4.38. The van der Waals surface area contributed by atoms with E-state index in [1.165, 1.54) is 26.0 Å². The highest BCUT2D eigenvalue weighted by Gasteiger charge is 2.16. The molecule has 0 aromatic heterocycles. The van der Waals surface area contributed by atoms with Gasteiger partial charge in [-0.15, -0.1) is 0 Å². The first kappa shape index (κ1) is 21.2. The van der Waals surface area contributed by atoms with Crippen molar-refractivity contribution >= 4 is 11.6 Å². The van der Waals surface area contributed by atoms with Gasteiger partial charge in [-0.05, 0) is 52.0 Å².